The SMILES string of the molecule is CCCCNC(=O)[C@H](C)N(Cc1ccc(F)cc1)C(=O)Cc1ccc(C)cc1. The molecule has 0 aromatic heterocycles. The number of halogens is 1. The Morgan fingerprint density at radius 1 is 1.04 bits per heavy atom. The van der Waals surface area contributed by atoms with Gasteiger partial charge in [-0.1, -0.05) is 55.3 Å². The number of nitrogens with one attached hydrogen (secondary N) is 1. The largest absolute Gasteiger partial charge is 0.354 e. The third kappa shape index (κ3) is 6.48. The van der Waals surface area contributed by atoms with E-state index in [9.17, 15) is 14.0 Å². The number of benzene rings is 2. The normalized spacial score (nSPS) is 11.7. The van der Waals surface area contributed by atoms with E-state index in [-0.39, 0.29) is 30.6 Å². The fraction of sp³-hybridized carbons (Fsp3) is 0.391. The van der Waals surface area contributed by atoms with Crippen LogP contribution in [-0.4, -0.2) is 29.3 Å². The van der Waals surface area contributed by atoms with E-state index in [1.807, 2.05) is 31.2 Å². The van der Waals surface area contributed by atoms with Crippen LogP contribution in [0, 0.1) is 12.7 Å². The Labute approximate surface area is 166 Å². The molecule has 0 bridgehead atoms. The van der Waals surface area contributed by atoms with Crippen LogP contribution in [0.2, 0.25) is 0 Å². The minimum absolute atomic E-state index is 0.133. The highest BCUT2D eigenvalue weighted by molar-refractivity contribution is 5.88. The van der Waals surface area contributed by atoms with Crippen molar-refractivity contribution in [2.75, 3.05) is 6.54 Å². The van der Waals surface area contributed by atoms with Crippen LogP contribution < -0.4 is 5.32 Å². The van der Waals surface area contributed by atoms with Crippen LogP contribution in [0.15, 0.2) is 48.5 Å². The molecule has 150 valence electrons. The van der Waals surface area contributed by atoms with Crippen molar-refractivity contribution in [1.82, 2.24) is 10.2 Å². The van der Waals surface area contributed by atoms with Crippen molar-refractivity contribution in [1.29, 1.82) is 0 Å². The van der Waals surface area contributed by atoms with Crippen LogP contribution in [0.4, 0.5) is 4.39 Å². The molecule has 2 aromatic rings. The quantitative estimate of drug-likeness (QED) is 0.664. The van der Waals surface area contributed by atoms with Gasteiger partial charge < -0.3 is 10.2 Å². The van der Waals surface area contributed by atoms with E-state index in [1.54, 1.807) is 24.0 Å². The van der Waals surface area contributed by atoms with E-state index < -0.39 is 6.04 Å². The Morgan fingerprint density at radius 3 is 2.25 bits per heavy atom. The van der Waals surface area contributed by atoms with Crippen molar-refractivity contribution < 1.29 is 14.0 Å². The molecule has 2 aromatic carbocycles. The first-order valence-corrected chi connectivity index (χ1v) is 9.78. The first-order valence-electron chi connectivity index (χ1n) is 9.78. The zero-order valence-electron chi connectivity index (χ0n) is 16.9. The molecule has 1 N–H and O–H groups in total. The van der Waals surface area contributed by atoms with Crippen molar-refractivity contribution >= 4 is 11.8 Å². The number of nitrogens with zero attached hydrogens (tertiary/aromatic N) is 1. The van der Waals surface area contributed by atoms with Crippen molar-refractivity contribution in [3.05, 3.63) is 71.0 Å². The number of carbonyl (C=O) groups is 2. The summed E-state index contributed by atoms with van der Waals surface area (Å²) in [4.78, 5) is 27.1. The number of aryl methyl sites for hydroxylation is 1. The molecule has 0 aliphatic rings. The van der Waals surface area contributed by atoms with Gasteiger partial charge in [0.05, 0.1) is 6.42 Å². The van der Waals surface area contributed by atoms with Crippen LogP contribution in [0.1, 0.15) is 43.4 Å². The van der Waals surface area contributed by atoms with Crippen LogP contribution in [0.3, 0.4) is 0 Å². The second kappa shape index (κ2) is 10.6. The fourth-order valence-corrected chi connectivity index (χ4v) is 2.89. The predicted molar refractivity (Wildman–Crippen MR) is 109 cm³/mol. The fourth-order valence-electron chi connectivity index (χ4n) is 2.89. The minimum Gasteiger partial charge on any atom is -0.354 e. The average Bonchev–Trinajstić information content (AvgIpc) is 2.68. The molecule has 0 aliphatic heterocycles. The van der Waals surface area contributed by atoms with Crippen molar-refractivity contribution in [2.45, 2.75) is 52.6 Å². The molecule has 28 heavy (non-hydrogen) atoms. The lowest BCUT2D eigenvalue weighted by Crippen LogP contribution is -2.48. The lowest BCUT2D eigenvalue weighted by Gasteiger charge is -2.29. The number of rotatable bonds is 9. The first-order chi connectivity index (χ1) is 13.4. The third-order valence-corrected chi connectivity index (χ3v) is 4.74. The molecule has 0 heterocycles. The van der Waals surface area contributed by atoms with E-state index in [0.717, 1.165) is 29.5 Å². The number of amides is 2. The molecule has 2 rings (SSSR count). The van der Waals surface area contributed by atoms with Gasteiger partial charge in [-0.05, 0) is 43.5 Å². The van der Waals surface area contributed by atoms with Crippen molar-refractivity contribution in [3.63, 3.8) is 0 Å². The Bertz CT molecular complexity index is 772. The van der Waals surface area contributed by atoms with Gasteiger partial charge >= 0.3 is 0 Å². The maximum Gasteiger partial charge on any atom is 0.242 e. The number of carbonyl (C=O) groups excluding carboxylic acids is 2. The number of unbranched alkanes of at least 4 members (excludes halogenated alkanes) is 1. The van der Waals surface area contributed by atoms with Crippen LogP contribution >= 0.6 is 0 Å². The summed E-state index contributed by atoms with van der Waals surface area (Å²) < 4.78 is 13.2. The van der Waals surface area contributed by atoms with Gasteiger partial charge in [0.1, 0.15) is 11.9 Å². The van der Waals surface area contributed by atoms with E-state index in [4.69, 9.17) is 0 Å². The highest BCUT2D eigenvalue weighted by Gasteiger charge is 2.26. The van der Waals surface area contributed by atoms with E-state index in [0.29, 0.717) is 6.54 Å². The zero-order valence-corrected chi connectivity index (χ0v) is 16.9. The molecule has 0 saturated carbocycles. The molecule has 0 spiro atoms. The van der Waals surface area contributed by atoms with E-state index in [1.165, 1.54) is 12.1 Å². The summed E-state index contributed by atoms with van der Waals surface area (Å²) in [7, 11) is 0. The number of hydrogen-bond acceptors (Lipinski definition) is 2. The summed E-state index contributed by atoms with van der Waals surface area (Å²) in [5, 5.41) is 2.89. The van der Waals surface area contributed by atoms with Crippen LogP contribution in [0.5, 0.6) is 0 Å². The van der Waals surface area contributed by atoms with Crippen LogP contribution in [0.25, 0.3) is 0 Å². The van der Waals surface area contributed by atoms with Crippen molar-refractivity contribution in [2.24, 2.45) is 0 Å². The van der Waals surface area contributed by atoms with Gasteiger partial charge in [0, 0.05) is 13.1 Å². The average molecular weight is 384 g/mol. The highest BCUT2D eigenvalue weighted by atomic mass is 19.1. The summed E-state index contributed by atoms with van der Waals surface area (Å²) in [6.45, 7) is 6.64. The Kier molecular flexibility index (Phi) is 8.18. The maximum absolute atomic E-state index is 13.2. The predicted octanol–water partition coefficient (Wildman–Crippen LogP) is 4.01. The highest BCUT2D eigenvalue weighted by Crippen LogP contribution is 2.14. The standard InChI is InChI=1S/C23H29FN2O2/c1-4-5-14-25-23(28)18(3)26(16-20-10-12-21(24)13-11-20)22(27)15-19-8-6-17(2)7-9-19/h6-13,18H,4-5,14-16H2,1-3H3,(H,25,28)/t18-/m0/s1. The third-order valence-electron chi connectivity index (χ3n) is 4.74. The van der Waals surface area contributed by atoms with Gasteiger partial charge in [-0.3, -0.25) is 9.59 Å². The van der Waals surface area contributed by atoms with Gasteiger partial charge in [-0.25, -0.2) is 4.39 Å². The van der Waals surface area contributed by atoms with Gasteiger partial charge in [0.2, 0.25) is 11.8 Å². The second-order valence-electron chi connectivity index (χ2n) is 7.13. The monoisotopic (exact) mass is 384 g/mol. The molecule has 1 atom stereocenters. The first kappa shape index (κ1) is 21.6. The molecule has 0 fully saturated rings. The molecule has 0 radical (unpaired) electrons. The van der Waals surface area contributed by atoms with Crippen LogP contribution in [-0.2, 0) is 22.6 Å². The lowest BCUT2D eigenvalue weighted by atomic mass is 10.1. The molecule has 0 unspecified atom stereocenters. The van der Waals surface area contributed by atoms with Crippen molar-refractivity contribution in [3.8, 4) is 0 Å². The van der Waals surface area contributed by atoms with Gasteiger partial charge in [-0.2, -0.15) is 0 Å². The second-order valence-corrected chi connectivity index (χ2v) is 7.13. The number of hydrogen-bond donors (Lipinski definition) is 1. The van der Waals surface area contributed by atoms with Gasteiger partial charge in [0.25, 0.3) is 0 Å². The summed E-state index contributed by atoms with van der Waals surface area (Å²) in [5.41, 5.74) is 2.81. The summed E-state index contributed by atoms with van der Waals surface area (Å²) in [5.74, 6) is -0.634. The Balaban J connectivity index is 2.15. The zero-order chi connectivity index (χ0) is 20.5. The maximum atomic E-state index is 13.2. The van der Waals surface area contributed by atoms with E-state index >= 15 is 0 Å². The smallest absolute Gasteiger partial charge is 0.242 e. The summed E-state index contributed by atoms with van der Waals surface area (Å²) in [6.07, 6.45) is 2.10. The minimum atomic E-state index is -0.611. The topological polar surface area (TPSA) is 49.4 Å². The van der Waals surface area contributed by atoms with Gasteiger partial charge in [0.15, 0.2) is 0 Å². The molecule has 4 nitrogen and oxygen atoms in total. The Morgan fingerprint density at radius 2 is 1.64 bits per heavy atom. The lowest BCUT2D eigenvalue weighted by molar-refractivity contribution is -0.140. The Hall–Kier alpha value is -2.69. The molecule has 0 aliphatic carbocycles. The molecular formula is C23H29FN2O2. The van der Waals surface area contributed by atoms with E-state index in [2.05, 4.69) is 12.2 Å². The van der Waals surface area contributed by atoms with Gasteiger partial charge in [-0.15, -0.1) is 0 Å². The summed E-state index contributed by atoms with van der Waals surface area (Å²) >= 11 is 0. The molecular weight excluding hydrogens is 355 g/mol. The molecule has 2 amide bonds. The summed E-state index contributed by atoms with van der Waals surface area (Å²) in [6, 6.07) is 13.2. The molecule has 0 saturated heterocycles. The molecule has 5 heteroatoms.